The predicted octanol–water partition coefficient (Wildman–Crippen LogP) is 4.89. The number of ether oxygens (including phenoxy) is 1. The van der Waals surface area contributed by atoms with Crippen LogP contribution in [0.1, 0.15) is 39.7 Å². The summed E-state index contributed by atoms with van der Waals surface area (Å²) in [5, 5.41) is 9.20. The van der Waals surface area contributed by atoms with Crippen LogP contribution in [0.4, 0.5) is 0 Å². The number of carbonyl (C=O) groups is 1. The maximum absolute atomic E-state index is 12.7. The SMILES string of the molecule is CCc1cccc(OCc2c(C)cc(Cl)c(=O)n2CCc2ccc(C(=O)O)cc2)c1. The Kier molecular flexibility index (Phi) is 6.95. The minimum Gasteiger partial charge on any atom is -0.487 e. The summed E-state index contributed by atoms with van der Waals surface area (Å²) in [5.41, 5.74) is 3.75. The number of hydrogen-bond acceptors (Lipinski definition) is 3. The zero-order valence-corrected chi connectivity index (χ0v) is 17.8. The van der Waals surface area contributed by atoms with Crippen molar-refractivity contribution in [3.05, 3.63) is 97.9 Å². The van der Waals surface area contributed by atoms with E-state index in [0.717, 1.165) is 29.0 Å². The van der Waals surface area contributed by atoms with Crippen LogP contribution in [0.5, 0.6) is 5.75 Å². The molecular formula is C24H24ClNO4. The van der Waals surface area contributed by atoms with E-state index in [1.165, 1.54) is 5.56 Å². The van der Waals surface area contributed by atoms with Crippen LogP contribution in [0.3, 0.4) is 0 Å². The number of halogens is 1. The van der Waals surface area contributed by atoms with Gasteiger partial charge in [0.1, 0.15) is 17.4 Å². The average molecular weight is 426 g/mol. The van der Waals surface area contributed by atoms with E-state index in [9.17, 15) is 9.59 Å². The van der Waals surface area contributed by atoms with Crippen LogP contribution in [0.25, 0.3) is 0 Å². The van der Waals surface area contributed by atoms with Gasteiger partial charge in [0.15, 0.2) is 0 Å². The highest BCUT2D eigenvalue weighted by atomic mass is 35.5. The largest absolute Gasteiger partial charge is 0.487 e. The van der Waals surface area contributed by atoms with Crippen molar-refractivity contribution in [2.75, 3.05) is 0 Å². The van der Waals surface area contributed by atoms with E-state index in [2.05, 4.69) is 6.92 Å². The van der Waals surface area contributed by atoms with E-state index in [1.54, 1.807) is 34.9 Å². The van der Waals surface area contributed by atoms with Gasteiger partial charge in [0.25, 0.3) is 5.56 Å². The van der Waals surface area contributed by atoms with Gasteiger partial charge in [0, 0.05) is 6.54 Å². The molecule has 30 heavy (non-hydrogen) atoms. The molecule has 0 aliphatic rings. The van der Waals surface area contributed by atoms with Crippen molar-refractivity contribution in [3.63, 3.8) is 0 Å². The van der Waals surface area contributed by atoms with Crippen molar-refractivity contribution in [1.29, 1.82) is 0 Å². The summed E-state index contributed by atoms with van der Waals surface area (Å²) in [7, 11) is 0. The Labute approximate surface area is 180 Å². The van der Waals surface area contributed by atoms with Gasteiger partial charge in [-0.1, -0.05) is 42.8 Å². The summed E-state index contributed by atoms with van der Waals surface area (Å²) in [6.07, 6.45) is 1.49. The lowest BCUT2D eigenvalue weighted by Gasteiger charge is -2.17. The van der Waals surface area contributed by atoms with Crippen LogP contribution in [-0.2, 0) is 26.0 Å². The van der Waals surface area contributed by atoms with Gasteiger partial charge in [-0.05, 0) is 66.8 Å². The van der Waals surface area contributed by atoms with Gasteiger partial charge in [0.05, 0.1) is 11.3 Å². The second kappa shape index (κ2) is 9.63. The number of carboxylic acids is 1. The van der Waals surface area contributed by atoms with Crippen molar-refractivity contribution in [3.8, 4) is 5.75 Å². The molecule has 5 nitrogen and oxygen atoms in total. The highest BCUT2D eigenvalue weighted by Crippen LogP contribution is 2.18. The topological polar surface area (TPSA) is 68.5 Å². The van der Waals surface area contributed by atoms with Crippen molar-refractivity contribution in [2.24, 2.45) is 0 Å². The first kappa shape index (κ1) is 21.7. The molecule has 1 N–H and O–H groups in total. The van der Waals surface area contributed by atoms with Crippen LogP contribution in [-0.4, -0.2) is 15.6 Å². The highest BCUT2D eigenvalue weighted by molar-refractivity contribution is 6.30. The predicted molar refractivity (Wildman–Crippen MR) is 118 cm³/mol. The lowest BCUT2D eigenvalue weighted by Crippen LogP contribution is -2.27. The van der Waals surface area contributed by atoms with Crippen molar-refractivity contribution in [1.82, 2.24) is 4.57 Å². The number of aryl methyl sites for hydroxylation is 3. The molecule has 2 aromatic carbocycles. The monoisotopic (exact) mass is 425 g/mol. The number of aromatic nitrogens is 1. The maximum atomic E-state index is 12.7. The van der Waals surface area contributed by atoms with Gasteiger partial charge in [-0.15, -0.1) is 0 Å². The average Bonchev–Trinajstić information content (AvgIpc) is 2.75. The van der Waals surface area contributed by atoms with Crippen molar-refractivity contribution < 1.29 is 14.6 Å². The quantitative estimate of drug-likeness (QED) is 0.557. The van der Waals surface area contributed by atoms with Gasteiger partial charge >= 0.3 is 5.97 Å². The Hall–Kier alpha value is -3.05. The van der Waals surface area contributed by atoms with Gasteiger partial charge in [-0.2, -0.15) is 0 Å². The highest BCUT2D eigenvalue weighted by Gasteiger charge is 2.13. The summed E-state index contributed by atoms with van der Waals surface area (Å²) in [6.45, 7) is 4.66. The number of nitrogens with zero attached hydrogens (tertiary/aromatic N) is 1. The van der Waals surface area contributed by atoms with Gasteiger partial charge in [-0.25, -0.2) is 4.79 Å². The van der Waals surface area contributed by atoms with Crippen LogP contribution < -0.4 is 10.3 Å². The van der Waals surface area contributed by atoms with Gasteiger partial charge < -0.3 is 14.4 Å². The molecular weight excluding hydrogens is 402 g/mol. The van der Waals surface area contributed by atoms with E-state index < -0.39 is 5.97 Å². The first-order valence-electron chi connectivity index (χ1n) is 9.81. The zero-order valence-electron chi connectivity index (χ0n) is 17.0. The normalized spacial score (nSPS) is 10.8. The molecule has 0 fully saturated rings. The number of aromatic carboxylic acids is 1. The molecule has 156 valence electrons. The number of carboxylic acid groups (broad SMARTS) is 1. The maximum Gasteiger partial charge on any atom is 0.335 e. The molecule has 6 heteroatoms. The van der Waals surface area contributed by atoms with Crippen molar-refractivity contribution >= 4 is 17.6 Å². The van der Waals surface area contributed by atoms with E-state index in [0.29, 0.717) is 13.0 Å². The standard InChI is InChI=1S/C24H24ClNO4/c1-3-17-5-4-6-20(14-17)30-15-22-16(2)13-21(25)23(27)26(22)12-11-18-7-9-19(10-8-18)24(28)29/h4-10,13-14H,3,11-12,15H2,1-2H3,(H,28,29). The lowest BCUT2D eigenvalue weighted by molar-refractivity contribution is 0.0697. The molecule has 0 radical (unpaired) electrons. The number of hydrogen-bond donors (Lipinski definition) is 1. The van der Waals surface area contributed by atoms with Crippen LogP contribution in [0, 0.1) is 6.92 Å². The molecule has 0 saturated carbocycles. The van der Waals surface area contributed by atoms with Gasteiger partial charge in [0.2, 0.25) is 0 Å². The zero-order chi connectivity index (χ0) is 21.7. The number of benzene rings is 2. The summed E-state index contributed by atoms with van der Waals surface area (Å²) in [5.74, 6) is -0.207. The van der Waals surface area contributed by atoms with Crippen LogP contribution in [0.2, 0.25) is 5.02 Å². The molecule has 0 spiro atoms. The fourth-order valence-electron chi connectivity index (χ4n) is 3.29. The lowest BCUT2D eigenvalue weighted by atomic mass is 10.1. The van der Waals surface area contributed by atoms with Gasteiger partial charge in [-0.3, -0.25) is 4.79 Å². The fourth-order valence-corrected chi connectivity index (χ4v) is 3.56. The molecule has 3 rings (SSSR count). The molecule has 0 aliphatic heterocycles. The smallest absolute Gasteiger partial charge is 0.335 e. The van der Waals surface area contributed by atoms with Crippen molar-refractivity contribution in [2.45, 2.75) is 39.8 Å². The molecule has 0 amide bonds. The molecule has 3 aromatic rings. The summed E-state index contributed by atoms with van der Waals surface area (Å²) in [4.78, 5) is 23.7. The minimum atomic E-state index is -0.963. The Bertz CT molecular complexity index is 1100. The second-order valence-corrected chi connectivity index (χ2v) is 7.53. The summed E-state index contributed by atoms with van der Waals surface area (Å²) in [6, 6.07) is 16.2. The third-order valence-electron chi connectivity index (χ3n) is 5.08. The molecule has 0 aliphatic carbocycles. The van der Waals surface area contributed by atoms with Crippen LogP contribution in [0.15, 0.2) is 59.4 Å². The Morgan fingerprint density at radius 2 is 1.83 bits per heavy atom. The first-order valence-corrected chi connectivity index (χ1v) is 10.2. The minimum absolute atomic E-state index is 0.172. The van der Waals surface area contributed by atoms with E-state index in [-0.39, 0.29) is 22.8 Å². The third kappa shape index (κ3) is 5.10. The number of pyridine rings is 1. The Balaban J connectivity index is 1.82. The van der Waals surface area contributed by atoms with E-state index in [4.69, 9.17) is 21.4 Å². The van der Waals surface area contributed by atoms with Crippen LogP contribution >= 0.6 is 11.6 Å². The summed E-state index contributed by atoms with van der Waals surface area (Å²) >= 11 is 6.15. The van der Waals surface area contributed by atoms with E-state index >= 15 is 0 Å². The summed E-state index contributed by atoms with van der Waals surface area (Å²) < 4.78 is 7.62. The Morgan fingerprint density at radius 1 is 1.10 bits per heavy atom. The molecule has 0 bridgehead atoms. The molecule has 0 unspecified atom stereocenters. The molecule has 0 saturated heterocycles. The molecule has 0 atom stereocenters. The Morgan fingerprint density at radius 3 is 2.50 bits per heavy atom. The number of rotatable bonds is 8. The second-order valence-electron chi connectivity index (χ2n) is 7.12. The van der Waals surface area contributed by atoms with E-state index in [1.807, 2.05) is 31.2 Å². The molecule has 1 heterocycles. The first-order chi connectivity index (χ1) is 14.4. The molecule has 1 aromatic heterocycles. The fraction of sp³-hybridized carbons (Fsp3) is 0.250. The third-order valence-corrected chi connectivity index (χ3v) is 5.35.